The number of aromatic nitrogens is 3. The molecule has 6 rings (SSSR count). The fraction of sp³-hybridized carbons (Fsp3) is 0.250. The number of carbonyl (C=O) groups excluding carboxylic acids is 1. The largest absolute Gasteiger partial charge is 0.495 e. The molecule has 0 spiro atoms. The van der Waals surface area contributed by atoms with Crippen LogP contribution in [0.1, 0.15) is 11.1 Å². The van der Waals surface area contributed by atoms with Gasteiger partial charge >= 0.3 is 0 Å². The van der Waals surface area contributed by atoms with Gasteiger partial charge in [0.1, 0.15) is 10.4 Å². The van der Waals surface area contributed by atoms with Crippen molar-refractivity contribution < 1.29 is 9.53 Å². The van der Waals surface area contributed by atoms with Crippen LogP contribution < -0.4 is 15.2 Å². The van der Waals surface area contributed by atoms with Crippen molar-refractivity contribution in [3.8, 4) is 17.1 Å². The molecule has 1 saturated heterocycles. The molecule has 3 aromatic carbocycles. The first kappa shape index (κ1) is 29.2. The molecule has 0 aliphatic carbocycles. The van der Waals surface area contributed by atoms with Gasteiger partial charge in [-0.05, 0) is 73.6 Å². The average Bonchev–Trinajstić information content (AvgIpc) is 3.37. The number of hydrogen-bond acceptors (Lipinski definition) is 8. The van der Waals surface area contributed by atoms with E-state index in [1.165, 1.54) is 28.7 Å². The van der Waals surface area contributed by atoms with Gasteiger partial charge in [-0.1, -0.05) is 59.5 Å². The van der Waals surface area contributed by atoms with Crippen molar-refractivity contribution in [2.75, 3.05) is 43.9 Å². The summed E-state index contributed by atoms with van der Waals surface area (Å²) in [5.41, 5.74) is 5.20. The van der Waals surface area contributed by atoms with Crippen molar-refractivity contribution in [3.05, 3.63) is 98.2 Å². The number of para-hydroxylation sites is 3. The number of nitrogens with zero attached hydrogens (tertiary/aromatic N) is 5. The molecule has 0 N–H and O–H groups in total. The highest BCUT2D eigenvalue weighted by molar-refractivity contribution is 7.99. The van der Waals surface area contributed by atoms with E-state index in [-0.39, 0.29) is 17.2 Å². The summed E-state index contributed by atoms with van der Waals surface area (Å²) in [6, 6.07) is 23.5. The van der Waals surface area contributed by atoms with Crippen LogP contribution >= 0.6 is 35.3 Å². The van der Waals surface area contributed by atoms with E-state index in [1.54, 1.807) is 11.7 Å². The predicted octanol–water partition coefficient (Wildman–Crippen LogP) is 6.03. The first-order valence-corrected chi connectivity index (χ1v) is 16.2. The third kappa shape index (κ3) is 5.72. The van der Waals surface area contributed by atoms with Crippen LogP contribution in [0.5, 0.6) is 5.75 Å². The topological polar surface area (TPSA) is 72.6 Å². The molecular weight excluding hydrogens is 599 g/mol. The molecule has 3 heterocycles. The third-order valence-electron chi connectivity index (χ3n) is 7.72. The second-order valence-corrected chi connectivity index (χ2v) is 12.9. The van der Waals surface area contributed by atoms with E-state index >= 15 is 0 Å². The van der Waals surface area contributed by atoms with Crippen LogP contribution in [0, 0.1) is 17.8 Å². The first-order chi connectivity index (χ1) is 20.9. The van der Waals surface area contributed by atoms with E-state index in [0.29, 0.717) is 51.3 Å². The van der Waals surface area contributed by atoms with Gasteiger partial charge < -0.3 is 14.5 Å². The Morgan fingerprint density at radius 3 is 2.37 bits per heavy atom. The lowest BCUT2D eigenvalue weighted by Crippen LogP contribution is -2.49. The molecule has 1 fully saturated rings. The number of rotatable bonds is 7. The number of anilines is 1. The zero-order valence-electron chi connectivity index (χ0n) is 24.1. The van der Waals surface area contributed by atoms with E-state index in [0.717, 1.165) is 22.7 Å². The molecule has 0 saturated carbocycles. The van der Waals surface area contributed by atoms with E-state index in [9.17, 15) is 9.59 Å². The minimum Gasteiger partial charge on any atom is -0.495 e. The van der Waals surface area contributed by atoms with E-state index in [1.807, 2.05) is 76.2 Å². The highest BCUT2D eigenvalue weighted by Gasteiger charge is 2.25. The van der Waals surface area contributed by atoms with Gasteiger partial charge in [-0.3, -0.25) is 18.7 Å². The maximum Gasteiger partial charge on any atom is 0.278 e. The van der Waals surface area contributed by atoms with Gasteiger partial charge in [0.05, 0.1) is 24.2 Å². The maximum absolute atomic E-state index is 14.0. The van der Waals surface area contributed by atoms with Crippen molar-refractivity contribution in [1.82, 2.24) is 19.0 Å². The summed E-state index contributed by atoms with van der Waals surface area (Å²) in [5, 5.41) is 0.454. The Morgan fingerprint density at radius 1 is 0.930 bits per heavy atom. The molecule has 5 aromatic rings. The second-order valence-electron chi connectivity index (χ2n) is 10.3. The number of ether oxygens (including phenoxy) is 1. The Bertz CT molecular complexity index is 1920. The zero-order chi connectivity index (χ0) is 30.1. The van der Waals surface area contributed by atoms with E-state index < -0.39 is 0 Å². The Kier molecular flexibility index (Phi) is 8.38. The number of thioether (sulfide) groups is 1. The van der Waals surface area contributed by atoms with Crippen LogP contribution in [0.4, 0.5) is 5.69 Å². The zero-order valence-corrected chi connectivity index (χ0v) is 26.6. The Labute approximate surface area is 263 Å². The quantitative estimate of drug-likeness (QED) is 0.124. The van der Waals surface area contributed by atoms with Crippen LogP contribution in [0.3, 0.4) is 0 Å². The summed E-state index contributed by atoms with van der Waals surface area (Å²) in [4.78, 5) is 36.5. The van der Waals surface area contributed by atoms with Crippen LogP contribution in [0.2, 0.25) is 0 Å². The molecule has 43 heavy (non-hydrogen) atoms. The van der Waals surface area contributed by atoms with Gasteiger partial charge in [0.15, 0.2) is 14.8 Å². The van der Waals surface area contributed by atoms with Crippen LogP contribution in [-0.4, -0.2) is 64.0 Å². The summed E-state index contributed by atoms with van der Waals surface area (Å²) in [6.45, 7) is 6.74. The molecule has 11 heteroatoms. The number of benzene rings is 3. The van der Waals surface area contributed by atoms with Gasteiger partial charge in [-0.25, -0.2) is 4.98 Å². The summed E-state index contributed by atoms with van der Waals surface area (Å²) in [5.74, 6) is 0.996. The lowest BCUT2D eigenvalue weighted by molar-refractivity contribution is -0.128. The molecule has 1 aliphatic heterocycles. The standard InChI is InChI=1S/C32H31N5O3S3/c1-21-13-14-24(19-22(21)2)36-29-28(43-32(36)41)30(39)37(23-9-5-4-6-10-23)31(33-29)42-20-27(38)35-17-15-34(16-18-35)25-11-7-8-12-26(25)40-3/h4-14,19H,15-18,20H2,1-3H3. The number of carbonyl (C=O) groups is 1. The first-order valence-electron chi connectivity index (χ1n) is 14.0. The molecule has 0 atom stereocenters. The summed E-state index contributed by atoms with van der Waals surface area (Å²) in [6.07, 6.45) is 0. The number of aryl methyl sites for hydroxylation is 2. The monoisotopic (exact) mass is 629 g/mol. The molecule has 0 unspecified atom stereocenters. The van der Waals surface area contributed by atoms with Gasteiger partial charge in [0, 0.05) is 31.9 Å². The Balaban J connectivity index is 1.30. The molecular formula is C32H31N5O3S3. The van der Waals surface area contributed by atoms with Gasteiger partial charge in [0.2, 0.25) is 5.91 Å². The summed E-state index contributed by atoms with van der Waals surface area (Å²) >= 11 is 8.28. The molecule has 8 nitrogen and oxygen atoms in total. The highest BCUT2D eigenvalue weighted by Crippen LogP contribution is 2.30. The Hall–Kier alpha value is -3.93. The van der Waals surface area contributed by atoms with Crippen LogP contribution in [0.25, 0.3) is 21.7 Å². The minimum absolute atomic E-state index is 0.00921. The Morgan fingerprint density at radius 2 is 1.65 bits per heavy atom. The molecule has 220 valence electrons. The van der Waals surface area contributed by atoms with Crippen molar-refractivity contribution >= 4 is 57.3 Å². The van der Waals surface area contributed by atoms with Crippen molar-refractivity contribution in [2.24, 2.45) is 0 Å². The van der Waals surface area contributed by atoms with Crippen LogP contribution in [0.15, 0.2) is 82.7 Å². The fourth-order valence-electron chi connectivity index (χ4n) is 5.24. The smallest absolute Gasteiger partial charge is 0.278 e. The van der Waals surface area contributed by atoms with Crippen molar-refractivity contribution in [1.29, 1.82) is 0 Å². The lowest BCUT2D eigenvalue weighted by Gasteiger charge is -2.36. The van der Waals surface area contributed by atoms with Gasteiger partial charge in [0.25, 0.3) is 5.56 Å². The molecule has 2 aromatic heterocycles. The van der Waals surface area contributed by atoms with Gasteiger partial charge in [-0.15, -0.1) is 0 Å². The summed E-state index contributed by atoms with van der Waals surface area (Å²) < 4.78 is 10.0. The maximum atomic E-state index is 14.0. The SMILES string of the molecule is COc1ccccc1N1CCN(C(=O)CSc2nc3c(sc(=S)n3-c3ccc(C)c(C)c3)c(=O)n2-c2ccccc2)CC1. The molecule has 0 bridgehead atoms. The lowest BCUT2D eigenvalue weighted by atomic mass is 10.1. The van der Waals surface area contributed by atoms with Crippen molar-refractivity contribution in [2.45, 2.75) is 19.0 Å². The van der Waals surface area contributed by atoms with Crippen molar-refractivity contribution in [3.63, 3.8) is 0 Å². The molecule has 0 radical (unpaired) electrons. The van der Waals surface area contributed by atoms with E-state index in [4.69, 9.17) is 21.9 Å². The number of amides is 1. The summed E-state index contributed by atoms with van der Waals surface area (Å²) in [7, 11) is 1.67. The third-order valence-corrected chi connectivity index (χ3v) is 10.00. The molecule has 1 amide bonds. The number of fused-ring (bicyclic) bond motifs is 1. The van der Waals surface area contributed by atoms with Crippen LogP contribution in [-0.2, 0) is 4.79 Å². The molecule has 1 aliphatic rings. The number of piperazine rings is 1. The van der Waals surface area contributed by atoms with E-state index in [2.05, 4.69) is 24.8 Å². The average molecular weight is 630 g/mol. The second kappa shape index (κ2) is 12.4. The minimum atomic E-state index is -0.199. The number of thiazole rings is 1. The highest BCUT2D eigenvalue weighted by atomic mass is 32.2. The number of hydrogen-bond donors (Lipinski definition) is 0. The normalized spacial score (nSPS) is 13.5. The van der Waals surface area contributed by atoms with Gasteiger partial charge in [-0.2, -0.15) is 0 Å². The predicted molar refractivity (Wildman–Crippen MR) is 177 cm³/mol. The number of methoxy groups -OCH3 is 1. The fourth-order valence-corrected chi connectivity index (χ4v) is 7.45.